The fourth-order valence-corrected chi connectivity index (χ4v) is 1.74. The second-order valence-corrected chi connectivity index (χ2v) is 5.26. The zero-order valence-corrected chi connectivity index (χ0v) is 9.20. The Labute approximate surface area is 87.6 Å². The largest absolute Gasteiger partial charge is 0.238 e. The summed E-state index contributed by atoms with van der Waals surface area (Å²) in [5.41, 5.74) is 0. The van der Waals surface area contributed by atoms with Crippen molar-refractivity contribution < 1.29 is 12.8 Å². The summed E-state index contributed by atoms with van der Waals surface area (Å²) >= 11 is 0. The van der Waals surface area contributed by atoms with Gasteiger partial charge in [0.15, 0.2) is 5.82 Å². The summed E-state index contributed by atoms with van der Waals surface area (Å²) in [5.74, 6) is -0.771. The highest BCUT2D eigenvalue weighted by Crippen LogP contribution is 2.18. The van der Waals surface area contributed by atoms with E-state index in [4.69, 9.17) is 5.14 Å². The Balaban J connectivity index is 2.95. The van der Waals surface area contributed by atoms with Crippen LogP contribution in [0.5, 0.6) is 0 Å². The first-order chi connectivity index (χ1) is 6.82. The van der Waals surface area contributed by atoms with Gasteiger partial charge in [0.1, 0.15) is 5.82 Å². The third-order valence-electron chi connectivity index (χ3n) is 2.27. The van der Waals surface area contributed by atoms with Crippen molar-refractivity contribution in [1.29, 1.82) is 0 Å². The molecule has 5 nitrogen and oxygen atoms in total. The first-order valence-electron chi connectivity index (χ1n) is 4.31. The Morgan fingerprint density at radius 3 is 2.20 bits per heavy atom. The summed E-state index contributed by atoms with van der Waals surface area (Å²) in [5, 5.41) is 4.19. The third-order valence-corrected chi connectivity index (χ3v) is 3.71. The van der Waals surface area contributed by atoms with Gasteiger partial charge in [0.05, 0.1) is 17.6 Å². The van der Waals surface area contributed by atoms with Crippen molar-refractivity contribution >= 4 is 10.0 Å². The summed E-state index contributed by atoms with van der Waals surface area (Å²) in [7, 11) is -3.63. The molecule has 7 heteroatoms. The van der Waals surface area contributed by atoms with Crippen LogP contribution in [0.3, 0.4) is 0 Å². The number of nitrogens with two attached hydrogens (primary N) is 1. The van der Waals surface area contributed by atoms with Crippen molar-refractivity contribution in [3.63, 3.8) is 0 Å². The van der Waals surface area contributed by atoms with Gasteiger partial charge in [-0.3, -0.25) is 0 Å². The lowest BCUT2D eigenvalue weighted by Crippen LogP contribution is -2.31. The lowest BCUT2D eigenvalue weighted by Gasteiger charge is -2.15. The lowest BCUT2D eigenvalue weighted by atomic mass is 10.1. The van der Waals surface area contributed by atoms with Gasteiger partial charge in [-0.05, 0) is 6.92 Å². The molecule has 1 heterocycles. The fraction of sp³-hybridized carbons (Fsp3) is 0.500. The summed E-state index contributed by atoms with van der Waals surface area (Å²) in [6, 6.07) is 0. The normalized spacial score (nSPS) is 16.0. The second-order valence-electron chi connectivity index (χ2n) is 3.34. The Morgan fingerprint density at radius 2 is 1.80 bits per heavy atom. The van der Waals surface area contributed by atoms with Crippen molar-refractivity contribution in [1.82, 2.24) is 9.97 Å². The summed E-state index contributed by atoms with van der Waals surface area (Å²) in [6.45, 7) is 3.09. The molecule has 0 fully saturated rings. The van der Waals surface area contributed by atoms with E-state index in [0.29, 0.717) is 0 Å². The quantitative estimate of drug-likeness (QED) is 0.818. The highest BCUT2D eigenvalue weighted by Gasteiger charge is 2.26. The van der Waals surface area contributed by atoms with E-state index >= 15 is 0 Å². The topological polar surface area (TPSA) is 85.9 Å². The van der Waals surface area contributed by atoms with Gasteiger partial charge in [-0.2, -0.15) is 0 Å². The minimum atomic E-state index is -3.63. The lowest BCUT2D eigenvalue weighted by molar-refractivity contribution is 0.559. The second kappa shape index (κ2) is 4.19. The average molecular weight is 233 g/mol. The standard InChI is InChI=1S/C8H12FN3O2S/c1-5(6(2)15(10,13)14)8-11-3-7(9)4-12-8/h3-6H,1-2H3,(H2,10,13,14)/t5-,6+/m1/s1. The number of hydrogen-bond acceptors (Lipinski definition) is 4. The molecule has 15 heavy (non-hydrogen) atoms. The van der Waals surface area contributed by atoms with Crippen LogP contribution in [0, 0.1) is 5.82 Å². The molecule has 0 amide bonds. The number of halogens is 1. The first-order valence-corrected chi connectivity index (χ1v) is 5.92. The maximum Gasteiger partial charge on any atom is 0.212 e. The predicted octanol–water partition coefficient (Wildman–Crippen LogP) is 0.396. The van der Waals surface area contributed by atoms with Crippen LogP contribution >= 0.6 is 0 Å². The Kier molecular flexibility index (Phi) is 3.35. The molecule has 0 bridgehead atoms. The molecule has 0 radical (unpaired) electrons. The Bertz CT molecular complexity index is 432. The van der Waals surface area contributed by atoms with Gasteiger partial charge in [-0.25, -0.2) is 27.9 Å². The molecule has 0 spiro atoms. The van der Waals surface area contributed by atoms with Crippen molar-refractivity contribution in [3.8, 4) is 0 Å². The minimum Gasteiger partial charge on any atom is -0.238 e. The molecule has 0 aliphatic carbocycles. The van der Waals surface area contributed by atoms with Crippen LogP contribution in [0.2, 0.25) is 0 Å². The van der Waals surface area contributed by atoms with E-state index in [0.717, 1.165) is 12.4 Å². The van der Waals surface area contributed by atoms with E-state index in [1.165, 1.54) is 6.92 Å². The molecule has 0 saturated carbocycles. The Hall–Kier alpha value is -1.08. The van der Waals surface area contributed by atoms with Crippen LogP contribution in [0.15, 0.2) is 12.4 Å². The number of sulfonamides is 1. The van der Waals surface area contributed by atoms with Gasteiger partial charge in [0.2, 0.25) is 10.0 Å². The molecule has 0 unspecified atom stereocenters. The number of hydrogen-bond donors (Lipinski definition) is 1. The Morgan fingerprint density at radius 1 is 1.33 bits per heavy atom. The molecule has 0 saturated heterocycles. The van der Waals surface area contributed by atoms with Gasteiger partial charge in [-0.15, -0.1) is 0 Å². The summed E-state index contributed by atoms with van der Waals surface area (Å²) in [6.07, 6.45) is 1.99. The van der Waals surface area contributed by atoms with E-state index in [-0.39, 0.29) is 5.82 Å². The zero-order valence-electron chi connectivity index (χ0n) is 8.38. The maximum absolute atomic E-state index is 12.5. The molecule has 1 aromatic heterocycles. The van der Waals surface area contributed by atoms with Crippen LogP contribution < -0.4 is 5.14 Å². The van der Waals surface area contributed by atoms with E-state index in [9.17, 15) is 12.8 Å². The van der Waals surface area contributed by atoms with Crippen LogP contribution in [-0.2, 0) is 10.0 Å². The number of aromatic nitrogens is 2. The van der Waals surface area contributed by atoms with E-state index in [2.05, 4.69) is 9.97 Å². The van der Waals surface area contributed by atoms with Gasteiger partial charge >= 0.3 is 0 Å². The van der Waals surface area contributed by atoms with Crippen LogP contribution in [0.1, 0.15) is 25.6 Å². The highest BCUT2D eigenvalue weighted by atomic mass is 32.2. The van der Waals surface area contributed by atoms with Crippen LogP contribution in [0.4, 0.5) is 4.39 Å². The number of nitrogens with zero attached hydrogens (tertiary/aromatic N) is 2. The van der Waals surface area contributed by atoms with Gasteiger partial charge in [0, 0.05) is 5.92 Å². The molecule has 0 aliphatic rings. The highest BCUT2D eigenvalue weighted by molar-refractivity contribution is 7.89. The predicted molar refractivity (Wildman–Crippen MR) is 53.0 cm³/mol. The molecular formula is C8H12FN3O2S. The number of rotatable bonds is 3. The van der Waals surface area contributed by atoms with Crippen molar-refractivity contribution in [3.05, 3.63) is 24.0 Å². The van der Waals surface area contributed by atoms with Crippen LogP contribution in [-0.4, -0.2) is 23.6 Å². The maximum atomic E-state index is 12.5. The van der Waals surface area contributed by atoms with Crippen molar-refractivity contribution in [2.24, 2.45) is 5.14 Å². The zero-order chi connectivity index (χ0) is 11.6. The summed E-state index contributed by atoms with van der Waals surface area (Å²) < 4.78 is 34.6. The van der Waals surface area contributed by atoms with E-state index in [1.807, 2.05) is 0 Å². The molecule has 0 aliphatic heterocycles. The molecule has 0 aromatic carbocycles. The fourth-order valence-electron chi connectivity index (χ4n) is 1.05. The number of primary sulfonamides is 1. The molecule has 2 atom stereocenters. The van der Waals surface area contributed by atoms with E-state index in [1.54, 1.807) is 6.92 Å². The third kappa shape index (κ3) is 2.93. The summed E-state index contributed by atoms with van der Waals surface area (Å²) in [4.78, 5) is 7.41. The molecule has 84 valence electrons. The van der Waals surface area contributed by atoms with Crippen molar-refractivity contribution in [2.75, 3.05) is 0 Å². The average Bonchev–Trinajstić information content (AvgIpc) is 2.15. The molecule has 1 rings (SSSR count). The van der Waals surface area contributed by atoms with Crippen LogP contribution in [0.25, 0.3) is 0 Å². The van der Waals surface area contributed by atoms with Gasteiger partial charge in [0.25, 0.3) is 0 Å². The van der Waals surface area contributed by atoms with E-state index < -0.39 is 27.0 Å². The van der Waals surface area contributed by atoms with Crippen molar-refractivity contribution in [2.45, 2.75) is 25.0 Å². The monoisotopic (exact) mass is 233 g/mol. The van der Waals surface area contributed by atoms with Gasteiger partial charge < -0.3 is 0 Å². The molecule has 2 N–H and O–H groups in total. The SMILES string of the molecule is C[C@@H](c1ncc(F)cn1)[C@H](C)S(N)(=O)=O. The molecular weight excluding hydrogens is 221 g/mol. The smallest absolute Gasteiger partial charge is 0.212 e. The molecule has 1 aromatic rings. The minimum absolute atomic E-state index is 0.262. The first kappa shape index (κ1) is 12.0. The van der Waals surface area contributed by atoms with Gasteiger partial charge in [-0.1, -0.05) is 6.92 Å².